The number of rotatable bonds is 10. The molecule has 0 aliphatic rings. The smallest absolute Gasteiger partial charge is 0.326 e. The summed E-state index contributed by atoms with van der Waals surface area (Å²) in [5, 5.41) is 8.53. The number of hydrogen-bond donors (Lipinski definition) is 3. The van der Waals surface area contributed by atoms with E-state index in [2.05, 4.69) is 16.0 Å². The Morgan fingerprint density at radius 1 is 0.718 bits per heavy atom. The van der Waals surface area contributed by atoms with Crippen molar-refractivity contribution in [3.63, 3.8) is 0 Å². The molecule has 4 amide bonds. The first-order chi connectivity index (χ1) is 19.0. The molecule has 3 N–H and O–H groups in total. The fraction of sp³-hybridized carbons (Fsp3) is 0.161. The highest BCUT2D eigenvalue weighted by molar-refractivity contribution is 6.01. The molecule has 4 aromatic carbocycles. The zero-order valence-corrected chi connectivity index (χ0v) is 22.0. The third-order valence-corrected chi connectivity index (χ3v) is 5.72. The number of amides is 4. The molecule has 200 valence electrons. The molecule has 0 aliphatic carbocycles. The fourth-order valence-electron chi connectivity index (χ4n) is 3.75. The molecule has 0 unspecified atom stereocenters. The van der Waals surface area contributed by atoms with Gasteiger partial charge in [-0.25, -0.2) is 9.59 Å². The van der Waals surface area contributed by atoms with Gasteiger partial charge in [-0.2, -0.15) is 0 Å². The van der Waals surface area contributed by atoms with E-state index >= 15 is 0 Å². The van der Waals surface area contributed by atoms with E-state index in [4.69, 9.17) is 9.47 Å². The van der Waals surface area contributed by atoms with Crippen molar-refractivity contribution >= 4 is 29.1 Å². The molecule has 4 aromatic rings. The van der Waals surface area contributed by atoms with E-state index in [1.807, 2.05) is 80.6 Å². The van der Waals surface area contributed by atoms with Crippen LogP contribution in [-0.2, 0) is 0 Å². The minimum Gasteiger partial charge on any atom is -0.494 e. The number of nitrogens with zero attached hydrogens (tertiary/aromatic N) is 1. The first kappa shape index (κ1) is 27.1. The maximum absolute atomic E-state index is 13.3. The number of anilines is 3. The first-order valence-corrected chi connectivity index (χ1v) is 12.8. The van der Waals surface area contributed by atoms with Crippen molar-refractivity contribution in [1.82, 2.24) is 5.32 Å². The highest BCUT2D eigenvalue weighted by Crippen LogP contribution is 2.25. The van der Waals surface area contributed by atoms with Gasteiger partial charge in [0.2, 0.25) is 0 Å². The summed E-state index contributed by atoms with van der Waals surface area (Å²) < 4.78 is 11.3. The number of carbonyl (C=O) groups is 2. The van der Waals surface area contributed by atoms with Crippen LogP contribution in [0.1, 0.15) is 12.5 Å². The molecule has 0 atom stereocenters. The third kappa shape index (κ3) is 8.26. The average Bonchev–Trinajstić information content (AvgIpc) is 2.95. The Morgan fingerprint density at radius 2 is 1.31 bits per heavy atom. The largest absolute Gasteiger partial charge is 0.494 e. The zero-order chi connectivity index (χ0) is 27.5. The summed E-state index contributed by atoms with van der Waals surface area (Å²) >= 11 is 0. The predicted molar refractivity (Wildman–Crippen MR) is 155 cm³/mol. The molecule has 0 spiro atoms. The molecule has 0 saturated carbocycles. The van der Waals surface area contributed by atoms with Gasteiger partial charge in [0, 0.05) is 30.2 Å². The van der Waals surface area contributed by atoms with Gasteiger partial charge in [-0.1, -0.05) is 35.9 Å². The van der Waals surface area contributed by atoms with Gasteiger partial charge in [-0.3, -0.25) is 4.90 Å². The van der Waals surface area contributed by atoms with Gasteiger partial charge in [0.05, 0.1) is 6.61 Å². The second-order valence-corrected chi connectivity index (χ2v) is 8.70. The van der Waals surface area contributed by atoms with E-state index in [-0.39, 0.29) is 25.2 Å². The molecule has 0 radical (unpaired) electrons. The molecule has 4 rings (SSSR count). The summed E-state index contributed by atoms with van der Waals surface area (Å²) in [7, 11) is 0. The molecule has 0 saturated heterocycles. The van der Waals surface area contributed by atoms with E-state index in [1.165, 1.54) is 0 Å². The van der Waals surface area contributed by atoms with Crippen molar-refractivity contribution in [1.29, 1.82) is 0 Å². The molecule has 39 heavy (non-hydrogen) atoms. The lowest BCUT2D eigenvalue weighted by molar-refractivity contribution is 0.250. The molecule has 0 aliphatic heterocycles. The standard InChI is InChI=1S/C31H32N4O4/c1-3-38-27-17-13-24(14-18-27)33-30(36)32-21-22-35(31(37)34-25-11-9-23(2)10-12-25)26-15-19-29(20-16-26)39-28-7-5-4-6-8-28/h4-20H,3,21-22H2,1-2H3,(H,34,37)(H2,32,33,36). The topological polar surface area (TPSA) is 91.9 Å². The van der Waals surface area contributed by atoms with Crippen LogP contribution in [0.2, 0.25) is 0 Å². The maximum Gasteiger partial charge on any atom is 0.326 e. The number of aryl methyl sites for hydroxylation is 1. The quantitative estimate of drug-likeness (QED) is 0.207. The van der Waals surface area contributed by atoms with Crippen molar-refractivity contribution in [2.24, 2.45) is 0 Å². The number of nitrogens with one attached hydrogen (secondary N) is 3. The number of para-hydroxylation sites is 1. The number of urea groups is 2. The predicted octanol–water partition coefficient (Wildman–Crippen LogP) is 7.05. The summed E-state index contributed by atoms with van der Waals surface area (Å²) in [6, 6.07) is 30.7. The molecular weight excluding hydrogens is 492 g/mol. The molecular formula is C31H32N4O4. The van der Waals surface area contributed by atoms with E-state index in [0.29, 0.717) is 29.4 Å². The van der Waals surface area contributed by atoms with Crippen LogP contribution in [0.4, 0.5) is 26.7 Å². The lowest BCUT2D eigenvalue weighted by Crippen LogP contribution is -2.42. The molecule has 0 heterocycles. The Labute approximate surface area is 228 Å². The van der Waals surface area contributed by atoms with Crippen molar-refractivity contribution in [2.75, 3.05) is 35.2 Å². The van der Waals surface area contributed by atoms with Crippen LogP contribution in [0.5, 0.6) is 17.2 Å². The summed E-state index contributed by atoms with van der Waals surface area (Å²) in [5.74, 6) is 2.11. The van der Waals surface area contributed by atoms with E-state index in [1.54, 1.807) is 41.3 Å². The number of ether oxygens (including phenoxy) is 2. The average molecular weight is 525 g/mol. The van der Waals surface area contributed by atoms with Crippen LogP contribution in [-0.4, -0.2) is 31.8 Å². The van der Waals surface area contributed by atoms with Gasteiger partial charge in [0.1, 0.15) is 17.2 Å². The molecule has 0 aromatic heterocycles. The normalized spacial score (nSPS) is 10.3. The van der Waals surface area contributed by atoms with Gasteiger partial charge in [-0.05, 0) is 86.6 Å². The fourth-order valence-corrected chi connectivity index (χ4v) is 3.75. The van der Waals surface area contributed by atoms with Crippen molar-refractivity contribution < 1.29 is 19.1 Å². The molecule has 8 heteroatoms. The number of hydrogen-bond acceptors (Lipinski definition) is 4. The van der Waals surface area contributed by atoms with Crippen molar-refractivity contribution in [2.45, 2.75) is 13.8 Å². The van der Waals surface area contributed by atoms with Gasteiger partial charge in [0.25, 0.3) is 0 Å². The SMILES string of the molecule is CCOc1ccc(NC(=O)NCCN(C(=O)Nc2ccc(C)cc2)c2ccc(Oc3ccccc3)cc2)cc1. The number of benzene rings is 4. The Morgan fingerprint density at radius 3 is 1.97 bits per heavy atom. The van der Waals surface area contributed by atoms with Crippen LogP contribution >= 0.6 is 0 Å². The van der Waals surface area contributed by atoms with Crippen molar-refractivity contribution in [3.8, 4) is 17.2 Å². The lowest BCUT2D eigenvalue weighted by atomic mass is 10.2. The Bertz CT molecular complexity index is 1340. The van der Waals surface area contributed by atoms with Gasteiger partial charge in [-0.15, -0.1) is 0 Å². The Balaban J connectivity index is 1.40. The monoisotopic (exact) mass is 524 g/mol. The van der Waals surface area contributed by atoms with Crippen LogP contribution < -0.4 is 30.3 Å². The Kier molecular flexibility index (Phi) is 9.39. The van der Waals surface area contributed by atoms with Crippen molar-refractivity contribution in [3.05, 3.63) is 109 Å². The molecule has 0 bridgehead atoms. The summed E-state index contributed by atoms with van der Waals surface area (Å²) in [5.41, 5.74) is 3.08. The summed E-state index contributed by atoms with van der Waals surface area (Å²) in [6.45, 7) is 4.95. The second-order valence-electron chi connectivity index (χ2n) is 8.70. The van der Waals surface area contributed by atoms with Crippen LogP contribution in [0.15, 0.2) is 103 Å². The minimum atomic E-state index is -0.371. The minimum absolute atomic E-state index is 0.229. The van der Waals surface area contributed by atoms with E-state index < -0.39 is 0 Å². The summed E-state index contributed by atoms with van der Waals surface area (Å²) in [4.78, 5) is 27.3. The number of carbonyl (C=O) groups excluding carboxylic acids is 2. The highest BCUT2D eigenvalue weighted by Gasteiger charge is 2.17. The van der Waals surface area contributed by atoms with Gasteiger partial charge >= 0.3 is 12.1 Å². The third-order valence-electron chi connectivity index (χ3n) is 5.72. The molecule has 8 nitrogen and oxygen atoms in total. The van der Waals surface area contributed by atoms with Crippen LogP contribution in [0.25, 0.3) is 0 Å². The maximum atomic E-state index is 13.3. The summed E-state index contributed by atoms with van der Waals surface area (Å²) in [6.07, 6.45) is 0. The highest BCUT2D eigenvalue weighted by atomic mass is 16.5. The first-order valence-electron chi connectivity index (χ1n) is 12.8. The molecule has 0 fully saturated rings. The Hall–Kier alpha value is -4.98. The van der Waals surface area contributed by atoms with E-state index in [0.717, 1.165) is 17.1 Å². The lowest BCUT2D eigenvalue weighted by Gasteiger charge is -2.24. The zero-order valence-electron chi connectivity index (χ0n) is 22.0. The van der Waals surface area contributed by atoms with Gasteiger partial charge < -0.3 is 25.4 Å². The second kappa shape index (κ2) is 13.5. The van der Waals surface area contributed by atoms with Crippen LogP contribution in [0, 0.1) is 6.92 Å². The van der Waals surface area contributed by atoms with E-state index in [9.17, 15) is 9.59 Å². The van der Waals surface area contributed by atoms with Crippen LogP contribution in [0.3, 0.4) is 0 Å². The van der Waals surface area contributed by atoms with Gasteiger partial charge in [0.15, 0.2) is 0 Å².